The zero-order valence-corrected chi connectivity index (χ0v) is 14.2. The van der Waals surface area contributed by atoms with Crippen molar-refractivity contribution >= 4 is 31.2 Å². The molecule has 124 valence electrons. The van der Waals surface area contributed by atoms with E-state index in [1.54, 1.807) is 27.7 Å². The van der Waals surface area contributed by atoms with Crippen LogP contribution in [0.2, 0.25) is 0 Å². The van der Waals surface area contributed by atoms with E-state index in [9.17, 15) is 19.5 Å². The van der Waals surface area contributed by atoms with Crippen LogP contribution < -0.4 is 0 Å². The molecule has 0 aromatic carbocycles. The lowest BCUT2D eigenvalue weighted by Gasteiger charge is -2.23. The van der Waals surface area contributed by atoms with E-state index in [0.29, 0.717) is 0 Å². The highest BCUT2D eigenvalue weighted by atomic mass is 32.1. The second-order valence-corrected chi connectivity index (χ2v) is 5.84. The zero-order valence-electron chi connectivity index (χ0n) is 13.2. The highest BCUT2D eigenvalue weighted by Gasteiger charge is 2.36. The first-order chi connectivity index (χ1) is 8.97. The fraction of sp³-hybridized carbons (Fsp3) is 0.786. The van der Waals surface area contributed by atoms with Crippen LogP contribution in [0.15, 0.2) is 0 Å². The number of Topliss-reactive ketones (excluding diaryl/α,β-unsaturated/α-hetero) is 1. The van der Waals surface area contributed by atoms with Crippen molar-refractivity contribution in [2.75, 3.05) is 0 Å². The molecule has 0 aromatic rings. The molecule has 0 saturated carbocycles. The number of hydrogen-bond donors (Lipinski definition) is 2. The fourth-order valence-electron chi connectivity index (χ4n) is 1.72. The van der Waals surface area contributed by atoms with Crippen molar-refractivity contribution < 1.29 is 29.3 Å². The van der Waals surface area contributed by atoms with E-state index in [0.717, 1.165) is 0 Å². The second-order valence-electron chi connectivity index (χ2n) is 5.84. The molecule has 0 amide bonds. The van der Waals surface area contributed by atoms with E-state index in [4.69, 9.17) is 9.84 Å². The predicted molar refractivity (Wildman–Crippen MR) is 82.4 cm³/mol. The maximum atomic E-state index is 11.8. The number of ether oxygens (including phenoxy) is 1. The van der Waals surface area contributed by atoms with Crippen molar-refractivity contribution in [3.05, 3.63) is 0 Å². The Morgan fingerprint density at radius 3 is 1.95 bits per heavy atom. The van der Waals surface area contributed by atoms with Crippen LogP contribution >= 0.6 is 13.5 Å². The van der Waals surface area contributed by atoms with Crippen molar-refractivity contribution in [3.8, 4) is 0 Å². The number of esters is 1. The summed E-state index contributed by atoms with van der Waals surface area (Å²) in [6, 6.07) is 0. The standard InChI is InChI=1S/C14H24O6.H2S/c1-8(2)11(12(16)17)6-10(15)7-14(5,19)13(18)20-9(3)4;/h8-9,11,19H,6-7H2,1-5H3,(H,16,17);1H2. The minimum absolute atomic E-state index is 0. The summed E-state index contributed by atoms with van der Waals surface area (Å²) >= 11 is 0. The van der Waals surface area contributed by atoms with Gasteiger partial charge in [0.25, 0.3) is 0 Å². The molecule has 0 aliphatic carbocycles. The molecule has 0 saturated heterocycles. The Balaban J connectivity index is 0. The number of ketones is 1. The minimum Gasteiger partial charge on any atom is -0.481 e. The van der Waals surface area contributed by atoms with Gasteiger partial charge in [-0.05, 0) is 26.7 Å². The van der Waals surface area contributed by atoms with Gasteiger partial charge in [0.15, 0.2) is 5.60 Å². The van der Waals surface area contributed by atoms with E-state index >= 15 is 0 Å². The van der Waals surface area contributed by atoms with E-state index in [1.807, 2.05) is 0 Å². The largest absolute Gasteiger partial charge is 0.481 e. The third-order valence-electron chi connectivity index (χ3n) is 2.89. The lowest BCUT2D eigenvalue weighted by molar-refractivity contribution is -0.169. The van der Waals surface area contributed by atoms with Gasteiger partial charge in [-0.1, -0.05) is 13.8 Å². The molecule has 0 fully saturated rings. The first-order valence-corrected chi connectivity index (χ1v) is 6.65. The maximum Gasteiger partial charge on any atom is 0.338 e. The van der Waals surface area contributed by atoms with Crippen LogP contribution in [-0.4, -0.2) is 39.6 Å². The van der Waals surface area contributed by atoms with Gasteiger partial charge in [0.05, 0.1) is 12.0 Å². The summed E-state index contributed by atoms with van der Waals surface area (Å²) in [5.74, 6) is -3.43. The van der Waals surface area contributed by atoms with Gasteiger partial charge < -0.3 is 14.9 Å². The van der Waals surface area contributed by atoms with Gasteiger partial charge in [-0.3, -0.25) is 9.59 Å². The Labute approximate surface area is 132 Å². The smallest absolute Gasteiger partial charge is 0.338 e. The lowest BCUT2D eigenvalue weighted by Crippen LogP contribution is -2.40. The van der Waals surface area contributed by atoms with Crippen LogP contribution in [0.1, 0.15) is 47.5 Å². The molecular formula is C14H26O6S. The molecule has 0 bridgehead atoms. The van der Waals surface area contributed by atoms with Gasteiger partial charge >= 0.3 is 11.9 Å². The van der Waals surface area contributed by atoms with Gasteiger partial charge in [-0.25, -0.2) is 4.79 Å². The molecule has 0 heterocycles. The van der Waals surface area contributed by atoms with Crippen LogP contribution in [0.3, 0.4) is 0 Å². The highest BCUT2D eigenvalue weighted by Crippen LogP contribution is 2.21. The number of carbonyl (C=O) groups excluding carboxylic acids is 2. The van der Waals surface area contributed by atoms with Crippen LogP contribution in [0.5, 0.6) is 0 Å². The summed E-state index contributed by atoms with van der Waals surface area (Å²) < 4.78 is 4.86. The van der Waals surface area contributed by atoms with Gasteiger partial charge in [0.1, 0.15) is 5.78 Å². The molecule has 0 aromatic heterocycles. The Kier molecular flexibility index (Phi) is 9.56. The van der Waals surface area contributed by atoms with E-state index in [1.165, 1.54) is 6.92 Å². The summed E-state index contributed by atoms with van der Waals surface area (Å²) in [5, 5.41) is 19.0. The first-order valence-electron chi connectivity index (χ1n) is 6.65. The van der Waals surface area contributed by atoms with E-state index in [-0.39, 0.29) is 25.8 Å². The molecular weight excluding hydrogens is 296 g/mol. The molecule has 2 N–H and O–H groups in total. The van der Waals surface area contributed by atoms with Crippen LogP contribution in [0.4, 0.5) is 0 Å². The Hall–Kier alpha value is -1.08. The number of aliphatic hydroxyl groups is 1. The number of carbonyl (C=O) groups is 3. The van der Waals surface area contributed by atoms with E-state index in [2.05, 4.69) is 0 Å². The van der Waals surface area contributed by atoms with Gasteiger partial charge in [-0.15, -0.1) is 0 Å². The second kappa shape index (κ2) is 9.04. The van der Waals surface area contributed by atoms with Crippen molar-refractivity contribution in [3.63, 3.8) is 0 Å². The Morgan fingerprint density at radius 1 is 1.14 bits per heavy atom. The average molecular weight is 322 g/mol. The fourth-order valence-corrected chi connectivity index (χ4v) is 1.72. The Bertz CT molecular complexity index is 376. The quantitative estimate of drug-likeness (QED) is 0.657. The van der Waals surface area contributed by atoms with Gasteiger partial charge in [-0.2, -0.15) is 13.5 Å². The lowest BCUT2D eigenvalue weighted by atomic mass is 9.87. The summed E-state index contributed by atoms with van der Waals surface area (Å²) in [4.78, 5) is 34.5. The molecule has 0 aliphatic heterocycles. The van der Waals surface area contributed by atoms with Crippen molar-refractivity contribution in [1.29, 1.82) is 0 Å². The number of carboxylic acids is 1. The molecule has 7 heteroatoms. The average Bonchev–Trinajstić information content (AvgIpc) is 2.23. The number of aliphatic carboxylic acids is 1. The van der Waals surface area contributed by atoms with Gasteiger partial charge in [0, 0.05) is 12.8 Å². The summed E-state index contributed by atoms with van der Waals surface area (Å²) in [6.45, 7) is 7.87. The van der Waals surface area contributed by atoms with Crippen LogP contribution in [-0.2, 0) is 19.1 Å². The van der Waals surface area contributed by atoms with Crippen molar-refractivity contribution in [2.45, 2.75) is 59.2 Å². The molecule has 0 spiro atoms. The molecule has 0 aliphatic rings. The molecule has 0 radical (unpaired) electrons. The summed E-state index contributed by atoms with van der Waals surface area (Å²) in [6.07, 6.45) is -1.06. The van der Waals surface area contributed by atoms with Crippen LogP contribution in [0, 0.1) is 11.8 Å². The third-order valence-corrected chi connectivity index (χ3v) is 2.89. The molecule has 2 unspecified atom stereocenters. The molecule has 21 heavy (non-hydrogen) atoms. The van der Waals surface area contributed by atoms with E-state index < -0.39 is 41.8 Å². The SMILES string of the molecule is CC(C)OC(=O)C(C)(O)CC(=O)CC(C(=O)O)C(C)C.S. The minimum atomic E-state index is -1.93. The first kappa shape index (κ1) is 22.2. The third kappa shape index (κ3) is 8.06. The topological polar surface area (TPSA) is 101 Å². The molecule has 2 atom stereocenters. The summed E-state index contributed by atoms with van der Waals surface area (Å²) in [5.41, 5.74) is -1.93. The summed E-state index contributed by atoms with van der Waals surface area (Å²) in [7, 11) is 0. The monoisotopic (exact) mass is 322 g/mol. The Morgan fingerprint density at radius 2 is 1.62 bits per heavy atom. The number of hydrogen-bond acceptors (Lipinski definition) is 5. The highest BCUT2D eigenvalue weighted by molar-refractivity contribution is 7.59. The number of carboxylic acid groups (broad SMARTS) is 1. The van der Waals surface area contributed by atoms with Crippen molar-refractivity contribution in [1.82, 2.24) is 0 Å². The molecule has 6 nitrogen and oxygen atoms in total. The van der Waals surface area contributed by atoms with Crippen LogP contribution in [0.25, 0.3) is 0 Å². The zero-order chi connectivity index (χ0) is 16.1. The molecule has 0 rings (SSSR count). The number of rotatable bonds is 8. The normalized spacial score (nSPS) is 15.0. The predicted octanol–water partition coefficient (Wildman–Crippen LogP) is 1.51. The van der Waals surface area contributed by atoms with Gasteiger partial charge in [0.2, 0.25) is 0 Å². The maximum absolute atomic E-state index is 11.8. The van der Waals surface area contributed by atoms with Crippen molar-refractivity contribution in [2.24, 2.45) is 11.8 Å².